The number of nitrogens with zero attached hydrogens (tertiary/aromatic N) is 1. The molecule has 136 valence electrons. The Hall–Kier alpha value is -3.74. The van der Waals surface area contributed by atoms with Crippen LogP contribution in [0.5, 0.6) is 0 Å². The molecule has 0 fully saturated rings. The topological polar surface area (TPSA) is 128 Å². The van der Waals surface area contributed by atoms with Crippen LogP contribution in [0.3, 0.4) is 0 Å². The Bertz CT molecular complexity index is 1020. The van der Waals surface area contributed by atoms with Gasteiger partial charge >= 0.3 is 0 Å². The van der Waals surface area contributed by atoms with Gasteiger partial charge in [-0.1, -0.05) is 24.3 Å². The SMILES string of the molecule is CC1=CC(C(=N)N)=CN2C=C(c3ccc(-c4ccc(C(=N)N)cc4)o3)NC12. The smallest absolute Gasteiger partial charge is 0.152 e. The highest BCUT2D eigenvalue weighted by molar-refractivity contribution is 5.97. The number of fused-ring (bicyclic) bond motifs is 1. The van der Waals surface area contributed by atoms with Gasteiger partial charge in [0, 0.05) is 29.1 Å². The van der Waals surface area contributed by atoms with E-state index in [0.29, 0.717) is 11.1 Å². The fourth-order valence-electron chi connectivity index (χ4n) is 3.20. The van der Waals surface area contributed by atoms with Crippen molar-refractivity contribution < 1.29 is 4.42 Å². The normalized spacial score (nSPS) is 18.2. The van der Waals surface area contributed by atoms with E-state index in [-0.39, 0.29) is 17.8 Å². The van der Waals surface area contributed by atoms with Gasteiger partial charge in [0.05, 0.1) is 5.70 Å². The van der Waals surface area contributed by atoms with Crippen LogP contribution in [0.4, 0.5) is 0 Å². The first kappa shape index (κ1) is 16.7. The molecule has 2 aliphatic heterocycles. The third-order valence-electron chi connectivity index (χ3n) is 4.63. The van der Waals surface area contributed by atoms with Gasteiger partial charge in [0.2, 0.25) is 0 Å². The molecule has 0 amide bonds. The minimum absolute atomic E-state index is 0.00787. The highest BCUT2D eigenvalue weighted by atomic mass is 16.3. The number of nitrogens with one attached hydrogen (secondary N) is 3. The Morgan fingerprint density at radius 2 is 1.70 bits per heavy atom. The van der Waals surface area contributed by atoms with E-state index in [0.717, 1.165) is 28.4 Å². The molecule has 0 aliphatic carbocycles. The third kappa shape index (κ3) is 2.99. The van der Waals surface area contributed by atoms with Gasteiger partial charge in [-0.15, -0.1) is 0 Å². The lowest BCUT2D eigenvalue weighted by molar-refractivity contribution is 0.405. The number of nitrogen functional groups attached to an aromatic ring is 1. The van der Waals surface area contributed by atoms with E-state index in [1.54, 1.807) is 12.1 Å². The zero-order valence-corrected chi connectivity index (χ0v) is 14.8. The molecule has 7 N–H and O–H groups in total. The highest BCUT2D eigenvalue weighted by Gasteiger charge is 2.29. The van der Waals surface area contributed by atoms with Crippen LogP contribution in [-0.2, 0) is 0 Å². The summed E-state index contributed by atoms with van der Waals surface area (Å²) in [6, 6.07) is 11.2. The van der Waals surface area contributed by atoms with Crippen LogP contribution in [0.25, 0.3) is 17.0 Å². The maximum Gasteiger partial charge on any atom is 0.152 e. The second-order valence-corrected chi connectivity index (χ2v) is 6.58. The largest absolute Gasteiger partial charge is 0.455 e. The molecule has 1 atom stereocenters. The predicted molar refractivity (Wildman–Crippen MR) is 106 cm³/mol. The van der Waals surface area contributed by atoms with Crippen LogP contribution in [0.15, 0.2) is 70.4 Å². The van der Waals surface area contributed by atoms with E-state index < -0.39 is 0 Å². The van der Waals surface area contributed by atoms with Gasteiger partial charge in [-0.05, 0) is 30.7 Å². The molecule has 0 radical (unpaired) electrons. The lowest BCUT2D eigenvalue weighted by Gasteiger charge is -2.27. The number of nitrogens with two attached hydrogens (primary N) is 2. The van der Waals surface area contributed by atoms with Crippen LogP contribution in [0, 0.1) is 10.8 Å². The monoisotopic (exact) mass is 360 g/mol. The van der Waals surface area contributed by atoms with Crippen molar-refractivity contribution in [3.63, 3.8) is 0 Å². The number of rotatable bonds is 4. The van der Waals surface area contributed by atoms with Crippen LogP contribution in [-0.4, -0.2) is 22.7 Å². The average molecular weight is 360 g/mol. The summed E-state index contributed by atoms with van der Waals surface area (Å²) in [7, 11) is 0. The Kier molecular flexibility index (Phi) is 3.84. The molecule has 0 saturated carbocycles. The Balaban J connectivity index is 1.59. The van der Waals surface area contributed by atoms with Gasteiger partial charge in [-0.2, -0.15) is 0 Å². The van der Waals surface area contributed by atoms with E-state index in [2.05, 4.69) is 5.32 Å². The summed E-state index contributed by atoms with van der Waals surface area (Å²) in [6.45, 7) is 2.00. The number of benzene rings is 1. The van der Waals surface area contributed by atoms with Gasteiger partial charge in [0.25, 0.3) is 0 Å². The van der Waals surface area contributed by atoms with Crippen LogP contribution in [0.2, 0.25) is 0 Å². The Labute approximate surface area is 156 Å². The first-order valence-electron chi connectivity index (χ1n) is 8.47. The van der Waals surface area contributed by atoms with Gasteiger partial charge < -0.3 is 26.1 Å². The second-order valence-electron chi connectivity index (χ2n) is 6.58. The van der Waals surface area contributed by atoms with Crippen molar-refractivity contribution >= 4 is 17.4 Å². The van der Waals surface area contributed by atoms with E-state index >= 15 is 0 Å². The van der Waals surface area contributed by atoms with Gasteiger partial charge in [0.15, 0.2) is 5.76 Å². The van der Waals surface area contributed by atoms with Crippen molar-refractivity contribution in [2.45, 2.75) is 13.1 Å². The van der Waals surface area contributed by atoms with Crippen LogP contribution < -0.4 is 16.8 Å². The molecule has 0 bridgehead atoms. The van der Waals surface area contributed by atoms with E-state index in [1.807, 2.05) is 54.6 Å². The summed E-state index contributed by atoms with van der Waals surface area (Å²) in [6.07, 6.45) is 5.71. The maximum absolute atomic E-state index is 7.64. The molecule has 1 aromatic carbocycles. The molecule has 0 saturated heterocycles. The summed E-state index contributed by atoms with van der Waals surface area (Å²) in [5, 5.41) is 18.5. The van der Waals surface area contributed by atoms with Gasteiger partial charge in [0.1, 0.15) is 23.6 Å². The van der Waals surface area contributed by atoms with E-state index in [4.69, 9.17) is 26.7 Å². The summed E-state index contributed by atoms with van der Waals surface area (Å²) in [5.74, 6) is 1.55. The zero-order chi connectivity index (χ0) is 19.1. The predicted octanol–water partition coefficient (Wildman–Crippen LogP) is 2.54. The molecule has 27 heavy (non-hydrogen) atoms. The Morgan fingerprint density at radius 3 is 2.37 bits per heavy atom. The molecule has 1 unspecified atom stereocenters. The number of amidine groups is 2. The zero-order valence-electron chi connectivity index (χ0n) is 14.8. The van der Waals surface area contributed by atoms with Gasteiger partial charge in [-0.25, -0.2) is 0 Å². The molecular weight excluding hydrogens is 340 g/mol. The first-order valence-corrected chi connectivity index (χ1v) is 8.47. The highest BCUT2D eigenvalue weighted by Crippen LogP contribution is 2.31. The second kappa shape index (κ2) is 6.21. The molecule has 3 heterocycles. The lowest BCUT2D eigenvalue weighted by Crippen LogP contribution is -2.37. The lowest BCUT2D eigenvalue weighted by atomic mass is 10.1. The molecule has 7 nitrogen and oxygen atoms in total. The van der Waals surface area contributed by atoms with Crippen LogP contribution in [0.1, 0.15) is 18.2 Å². The first-order chi connectivity index (χ1) is 12.9. The van der Waals surface area contributed by atoms with Crippen molar-refractivity contribution in [1.82, 2.24) is 10.2 Å². The molecule has 2 aliphatic rings. The molecular formula is C20H20N6O. The molecule has 2 aromatic rings. The van der Waals surface area contributed by atoms with Crippen molar-refractivity contribution in [3.05, 3.63) is 77.3 Å². The average Bonchev–Trinajstić information content (AvgIpc) is 3.28. The summed E-state index contributed by atoms with van der Waals surface area (Å²) in [5.41, 5.74) is 15.3. The Morgan fingerprint density at radius 1 is 1.00 bits per heavy atom. The number of hydrogen-bond donors (Lipinski definition) is 5. The molecule has 0 spiro atoms. The summed E-state index contributed by atoms with van der Waals surface area (Å²) in [4.78, 5) is 1.99. The summed E-state index contributed by atoms with van der Waals surface area (Å²) < 4.78 is 6.02. The van der Waals surface area contributed by atoms with Crippen molar-refractivity contribution in [2.75, 3.05) is 0 Å². The minimum atomic E-state index is -0.00787. The standard InChI is InChI=1S/C20H20N6O/c1-11-8-14(19(23)24)9-26-10-15(25-20(11)26)17-7-6-16(27-17)12-2-4-13(5-3-12)18(21)22/h2-10,20,25H,1H3,(H3,21,22)(H3,23,24). The van der Waals surface area contributed by atoms with Gasteiger partial charge in [-0.3, -0.25) is 10.8 Å². The fraction of sp³-hybridized carbons (Fsp3) is 0.100. The quantitative estimate of drug-likeness (QED) is 0.423. The van der Waals surface area contributed by atoms with Crippen molar-refractivity contribution in [1.29, 1.82) is 10.8 Å². The number of hydrogen-bond acceptors (Lipinski definition) is 5. The minimum Gasteiger partial charge on any atom is -0.455 e. The fourth-order valence-corrected chi connectivity index (χ4v) is 3.20. The third-order valence-corrected chi connectivity index (χ3v) is 4.63. The van der Waals surface area contributed by atoms with E-state index in [1.165, 1.54) is 0 Å². The van der Waals surface area contributed by atoms with Crippen LogP contribution >= 0.6 is 0 Å². The van der Waals surface area contributed by atoms with Crippen molar-refractivity contribution in [2.24, 2.45) is 11.5 Å². The maximum atomic E-state index is 7.64. The van der Waals surface area contributed by atoms with E-state index in [9.17, 15) is 0 Å². The molecule has 4 rings (SSSR count). The molecule has 1 aromatic heterocycles. The number of furan rings is 1. The van der Waals surface area contributed by atoms with Crippen molar-refractivity contribution in [3.8, 4) is 11.3 Å². The summed E-state index contributed by atoms with van der Waals surface area (Å²) >= 11 is 0. The molecule has 7 heteroatoms.